The largest absolute Gasteiger partial charge is 0.393 e. The smallest absolute Gasteiger partial charge is 0.341 e. The van der Waals surface area contributed by atoms with Gasteiger partial charge in [0, 0.05) is 13.1 Å². The zero-order valence-corrected chi connectivity index (χ0v) is 8.89. The van der Waals surface area contributed by atoms with Gasteiger partial charge in [-0.1, -0.05) is 0 Å². The summed E-state index contributed by atoms with van der Waals surface area (Å²) in [7, 11) is 0. The van der Waals surface area contributed by atoms with Gasteiger partial charge < -0.3 is 10.2 Å². The minimum absolute atomic E-state index is 0.0436. The summed E-state index contributed by atoms with van der Waals surface area (Å²) < 4.78 is 37.3. The third-order valence-electron chi connectivity index (χ3n) is 3.32. The van der Waals surface area contributed by atoms with E-state index in [1.165, 1.54) is 4.90 Å². The van der Waals surface area contributed by atoms with E-state index in [1.54, 1.807) is 0 Å². The fourth-order valence-corrected chi connectivity index (χ4v) is 2.34. The maximum atomic E-state index is 12.4. The molecule has 3 nitrogen and oxygen atoms in total. The molecule has 2 saturated heterocycles. The van der Waals surface area contributed by atoms with Crippen molar-refractivity contribution < 1.29 is 18.0 Å². The van der Waals surface area contributed by atoms with Crippen LogP contribution < -0.4 is 5.32 Å². The van der Waals surface area contributed by atoms with Crippen LogP contribution in [0.3, 0.4) is 0 Å². The Hall–Kier alpha value is -0.780. The fraction of sp³-hybridized carbons (Fsp3) is 0.900. The Kier molecular flexibility index (Phi) is 3.10. The van der Waals surface area contributed by atoms with Gasteiger partial charge in [-0.05, 0) is 25.8 Å². The lowest BCUT2D eigenvalue weighted by Gasteiger charge is -2.21. The molecule has 16 heavy (non-hydrogen) atoms. The van der Waals surface area contributed by atoms with Crippen LogP contribution >= 0.6 is 0 Å². The van der Waals surface area contributed by atoms with Crippen molar-refractivity contribution in [2.45, 2.75) is 31.5 Å². The van der Waals surface area contributed by atoms with E-state index in [1.807, 2.05) is 0 Å². The third kappa shape index (κ3) is 2.31. The van der Waals surface area contributed by atoms with E-state index in [2.05, 4.69) is 5.32 Å². The van der Waals surface area contributed by atoms with Gasteiger partial charge in [0.1, 0.15) is 0 Å². The van der Waals surface area contributed by atoms with Crippen LogP contribution in [0.5, 0.6) is 0 Å². The van der Waals surface area contributed by atoms with Crippen molar-refractivity contribution in [3.8, 4) is 0 Å². The molecule has 0 aromatic carbocycles. The van der Waals surface area contributed by atoms with Crippen LogP contribution in [0.4, 0.5) is 13.2 Å². The molecule has 6 heteroatoms. The van der Waals surface area contributed by atoms with Crippen molar-refractivity contribution in [1.29, 1.82) is 0 Å². The molecule has 2 atom stereocenters. The summed E-state index contributed by atoms with van der Waals surface area (Å²) in [5.41, 5.74) is 0. The Morgan fingerprint density at radius 2 is 2.06 bits per heavy atom. The molecule has 2 aliphatic rings. The maximum absolute atomic E-state index is 12.4. The molecular formula is C10H15F3N2O. The molecule has 92 valence electrons. The van der Waals surface area contributed by atoms with E-state index in [0.717, 1.165) is 19.4 Å². The van der Waals surface area contributed by atoms with Crippen molar-refractivity contribution in [2.75, 3.05) is 19.6 Å². The Labute approximate surface area is 92.0 Å². The highest BCUT2D eigenvalue weighted by molar-refractivity contribution is 5.82. The van der Waals surface area contributed by atoms with E-state index in [9.17, 15) is 18.0 Å². The Morgan fingerprint density at radius 1 is 1.31 bits per heavy atom. The van der Waals surface area contributed by atoms with Gasteiger partial charge in [0.05, 0.1) is 12.0 Å². The van der Waals surface area contributed by atoms with Gasteiger partial charge in [0.2, 0.25) is 5.91 Å². The quantitative estimate of drug-likeness (QED) is 0.740. The Morgan fingerprint density at radius 3 is 2.56 bits per heavy atom. The average molecular weight is 236 g/mol. The molecule has 0 bridgehead atoms. The molecule has 2 rings (SSSR count). The van der Waals surface area contributed by atoms with Crippen molar-refractivity contribution in [3.05, 3.63) is 0 Å². The minimum Gasteiger partial charge on any atom is -0.341 e. The fourth-order valence-electron chi connectivity index (χ4n) is 2.34. The lowest BCUT2D eigenvalue weighted by atomic mass is 10.1. The summed E-state index contributed by atoms with van der Waals surface area (Å²) in [6.07, 6.45) is -2.46. The number of rotatable bonds is 1. The first-order chi connectivity index (χ1) is 7.48. The number of alkyl halides is 3. The van der Waals surface area contributed by atoms with Gasteiger partial charge in [0.15, 0.2) is 0 Å². The zero-order chi connectivity index (χ0) is 11.8. The second-order valence-electron chi connectivity index (χ2n) is 4.46. The molecule has 0 saturated carbocycles. The van der Waals surface area contributed by atoms with Gasteiger partial charge in [-0.15, -0.1) is 0 Å². The summed E-state index contributed by atoms with van der Waals surface area (Å²) in [5, 5.41) is 3.01. The molecule has 2 aliphatic heterocycles. The van der Waals surface area contributed by atoms with Crippen molar-refractivity contribution >= 4 is 5.91 Å². The van der Waals surface area contributed by atoms with Gasteiger partial charge in [-0.3, -0.25) is 4.79 Å². The molecule has 0 spiro atoms. The standard InChI is InChI=1S/C10H15F3N2O/c11-10(12,13)7-3-5-15(6-7)9(16)8-2-1-4-14-8/h7-8,14H,1-6H2/t7-,8+/m1/s1. The van der Waals surface area contributed by atoms with Crippen molar-refractivity contribution in [1.82, 2.24) is 10.2 Å². The molecule has 2 heterocycles. The summed E-state index contributed by atoms with van der Waals surface area (Å²) in [4.78, 5) is 13.2. The number of carbonyl (C=O) groups is 1. The second-order valence-corrected chi connectivity index (χ2v) is 4.46. The van der Waals surface area contributed by atoms with E-state index in [0.29, 0.717) is 0 Å². The van der Waals surface area contributed by atoms with E-state index in [-0.39, 0.29) is 31.5 Å². The normalized spacial score (nSPS) is 31.1. The van der Waals surface area contributed by atoms with Crippen LogP contribution in [-0.4, -0.2) is 42.7 Å². The lowest BCUT2D eigenvalue weighted by molar-refractivity contribution is -0.171. The van der Waals surface area contributed by atoms with E-state index in [4.69, 9.17) is 0 Å². The molecule has 0 aromatic rings. The van der Waals surface area contributed by atoms with Crippen LogP contribution in [0, 0.1) is 5.92 Å². The van der Waals surface area contributed by atoms with Gasteiger partial charge in [-0.2, -0.15) is 13.2 Å². The first-order valence-electron chi connectivity index (χ1n) is 5.57. The predicted molar refractivity (Wildman–Crippen MR) is 51.8 cm³/mol. The zero-order valence-electron chi connectivity index (χ0n) is 8.89. The summed E-state index contributed by atoms with van der Waals surface area (Å²) in [6.45, 7) is 0.856. The number of nitrogens with one attached hydrogen (secondary N) is 1. The van der Waals surface area contributed by atoms with Crippen LogP contribution in [0.15, 0.2) is 0 Å². The number of carbonyl (C=O) groups excluding carboxylic acids is 1. The summed E-state index contributed by atoms with van der Waals surface area (Å²) >= 11 is 0. The molecular weight excluding hydrogens is 221 g/mol. The van der Waals surface area contributed by atoms with Crippen LogP contribution in [0.2, 0.25) is 0 Å². The molecule has 1 amide bonds. The number of hydrogen-bond donors (Lipinski definition) is 1. The van der Waals surface area contributed by atoms with E-state index >= 15 is 0 Å². The summed E-state index contributed by atoms with van der Waals surface area (Å²) in [6, 6.07) is -0.257. The number of likely N-dealkylation sites (tertiary alicyclic amines) is 1. The maximum Gasteiger partial charge on any atom is 0.393 e. The summed E-state index contributed by atoms with van der Waals surface area (Å²) in [5.74, 6) is -1.50. The SMILES string of the molecule is O=C([C@@H]1CCCN1)N1CC[C@@H](C(F)(F)F)C1. The highest BCUT2D eigenvalue weighted by Crippen LogP contribution is 2.33. The highest BCUT2D eigenvalue weighted by atomic mass is 19.4. The van der Waals surface area contributed by atoms with Crippen molar-refractivity contribution in [3.63, 3.8) is 0 Å². The van der Waals surface area contributed by atoms with Gasteiger partial charge in [-0.25, -0.2) is 0 Å². The average Bonchev–Trinajstić information content (AvgIpc) is 2.87. The number of amides is 1. The van der Waals surface area contributed by atoms with Crippen molar-refractivity contribution in [2.24, 2.45) is 5.92 Å². The first kappa shape index (κ1) is 11.7. The highest BCUT2D eigenvalue weighted by Gasteiger charge is 2.45. The molecule has 0 aromatic heterocycles. The predicted octanol–water partition coefficient (Wildman–Crippen LogP) is 1.15. The molecule has 0 aliphatic carbocycles. The molecule has 0 radical (unpaired) electrons. The minimum atomic E-state index is -4.17. The molecule has 0 unspecified atom stereocenters. The monoisotopic (exact) mass is 236 g/mol. The number of hydrogen-bond acceptors (Lipinski definition) is 2. The van der Waals surface area contributed by atoms with Gasteiger partial charge >= 0.3 is 6.18 Å². The third-order valence-corrected chi connectivity index (χ3v) is 3.32. The van der Waals surface area contributed by atoms with E-state index < -0.39 is 12.1 Å². The second kappa shape index (κ2) is 4.24. The molecule has 2 fully saturated rings. The number of nitrogens with zero attached hydrogens (tertiary/aromatic N) is 1. The van der Waals surface area contributed by atoms with Crippen LogP contribution in [-0.2, 0) is 4.79 Å². The molecule has 1 N–H and O–H groups in total. The van der Waals surface area contributed by atoms with Crippen LogP contribution in [0.25, 0.3) is 0 Å². The number of halogens is 3. The van der Waals surface area contributed by atoms with Gasteiger partial charge in [0.25, 0.3) is 0 Å². The topological polar surface area (TPSA) is 32.3 Å². The Balaban J connectivity index is 1.90. The lowest BCUT2D eigenvalue weighted by Crippen LogP contribution is -2.43. The Bertz CT molecular complexity index is 274. The van der Waals surface area contributed by atoms with Crippen LogP contribution in [0.1, 0.15) is 19.3 Å². The first-order valence-corrected chi connectivity index (χ1v) is 5.57.